The first-order valence-corrected chi connectivity index (χ1v) is 8.96. The molecule has 130 valence electrons. The number of hydrogen-bond donors (Lipinski definition) is 0. The number of aryl methyl sites for hydroxylation is 1. The average molecular weight is 363 g/mol. The van der Waals surface area contributed by atoms with E-state index in [0.29, 0.717) is 10.7 Å². The van der Waals surface area contributed by atoms with Crippen LogP contribution < -0.4 is 10.5 Å². The minimum atomic E-state index is -0.259. The topological polar surface area (TPSA) is 63.4 Å². The van der Waals surface area contributed by atoms with Crippen LogP contribution in [0, 0.1) is 6.92 Å². The predicted octanol–water partition coefficient (Wildman–Crippen LogP) is 3.25. The molecule has 4 rings (SSSR count). The number of nitrogens with zero attached hydrogens (tertiary/aromatic N) is 5. The summed E-state index contributed by atoms with van der Waals surface area (Å²) in [6, 6.07) is 15.7. The Morgan fingerprint density at radius 3 is 2.50 bits per heavy atom. The Morgan fingerprint density at radius 1 is 1.00 bits per heavy atom. The molecule has 7 heteroatoms. The highest BCUT2D eigenvalue weighted by molar-refractivity contribution is 7.19. The van der Waals surface area contributed by atoms with E-state index >= 15 is 0 Å². The molecule has 0 amide bonds. The smallest absolute Gasteiger partial charge is 0.302 e. The molecule has 0 fully saturated rings. The van der Waals surface area contributed by atoms with Crippen molar-refractivity contribution in [1.29, 1.82) is 0 Å². The molecule has 0 spiro atoms. The Labute approximate surface area is 154 Å². The number of hydrogen-bond acceptors (Lipinski definition) is 6. The van der Waals surface area contributed by atoms with E-state index in [9.17, 15) is 4.79 Å². The molecule has 6 nitrogen and oxygen atoms in total. The molecule has 0 atom stereocenters. The van der Waals surface area contributed by atoms with Gasteiger partial charge in [-0.3, -0.25) is 4.79 Å². The standard InChI is InChI=1S/C19H17N5OS/c1-12-7-9-13(10-8-12)16-18(25)24-19(21-20-16)26-17(22-24)14-5-4-6-15(11-14)23(2)3/h4-11H,1-3H3. The second kappa shape index (κ2) is 6.34. The molecule has 0 saturated carbocycles. The molecule has 0 unspecified atom stereocenters. The van der Waals surface area contributed by atoms with Crippen molar-refractivity contribution in [3.05, 3.63) is 64.4 Å². The van der Waals surface area contributed by atoms with Gasteiger partial charge in [0.15, 0.2) is 5.69 Å². The highest BCUT2D eigenvalue weighted by atomic mass is 32.1. The highest BCUT2D eigenvalue weighted by Crippen LogP contribution is 2.27. The minimum Gasteiger partial charge on any atom is -0.378 e. The van der Waals surface area contributed by atoms with E-state index in [1.807, 2.05) is 74.4 Å². The highest BCUT2D eigenvalue weighted by Gasteiger charge is 2.14. The lowest BCUT2D eigenvalue weighted by Crippen LogP contribution is -2.19. The zero-order valence-electron chi connectivity index (χ0n) is 14.7. The molecule has 0 aliphatic rings. The maximum Gasteiger partial charge on any atom is 0.302 e. The van der Waals surface area contributed by atoms with Crippen LogP contribution in [0.1, 0.15) is 5.56 Å². The van der Waals surface area contributed by atoms with Crippen molar-refractivity contribution >= 4 is 22.0 Å². The van der Waals surface area contributed by atoms with Crippen molar-refractivity contribution in [3.8, 4) is 21.8 Å². The van der Waals surface area contributed by atoms with Gasteiger partial charge in [0.1, 0.15) is 5.01 Å². The molecule has 2 aromatic carbocycles. The average Bonchev–Trinajstić information content (AvgIpc) is 3.08. The van der Waals surface area contributed by atoms with Gasteiger partial charge in [-0.15, -0.1) is 10.2 Å². The van der Waals surface area contributed by atoms with Crippen LogP contribution in [-0.4, -0.2) is 33.9 Å². The van der Waals surface area contributed by atoms with Crippen LogP contribution in [0.5, 0.6) is 0 Å². The fraction of sp³-hybridized carbons (Fsp3) is 0.158. The molecule has 2 aromatic heterocycles. The Morgan fingerprint density at radius 2 is 1.77 bits per heavy atom. The van der Waals surface area contributed by atoms with Crippen LogP contribution in [0.4, 0.5) is 5.69 Å². The summed E-state index contributed by atoms with van der Waals surface area (Å²) in [7, 11) is 3.97. The van der Waals surface area contributed by atoms with E-state index in [1.165, 1.54) is 15.9 Å². The Bertz CT molecular complexity index is 1140. The van der Waals surface area contributed by atoms with Crippen LogP contribution in [-0.2, 0) is 0 Å². The van der Waals surface area contributed by atoms with Crippen molar-refractivity contribution in [2.45, 2.75) is 6.92 Å². The SMILES string of the molecule is Cc1ccc(-c2nnc3sc(-c4cccc(N(C)C)c4)nn3c2=O)cc1. The fourth-order valence-corrected chi connectivity index (χ4v) is 3.47. The monoisotopic (exact) mass is 363 g/mol. The maximum absolute atomic E-state index is 12.8. The molecule has 0 aliphatic carbocycles. The minimum absolute atomic E-state index is 0.259. The summed E-state index contributed by atoms with van der Waals surface area (Å²) in [6.45, 7) is 2.00. The summed E-state index contributed by atoms with van der Waals surface area (Å²) in [5.41, 5.74) is 3.93. The normalized spacial score (nSPS) is 11.0. The van der Waals surface area contributed by atoms with E-state index in [0.717, 1.165) is 27.4 Å². The molecule has 26 heavy (non-hydrogen) atoms. The van der Waals surface area contributed by atoms with Crippen molar-refractivity contribution < 1.29 is 0 Å². The van der Waals surface area contributed by atoms with Gasteiger partial charge in [-0.1, -0.05) is 53.3 Å². The van der Waals surface area contributed by atoms with Gasteiger partial charge in [-0.2, -0.15) is 9.61 Å². The van der Waals surface area contributed by atoms with Crippen molar-refractivity contribution in [2.75, 3.05) is 19.0 Å². The Hall–Kier alpha value is -3.06. The first-order valence-electron chi connectivity index (χ1n) is 8.14. The Kier molecular flexibility index (Phi) is 4.00. The van der Waals surface area contributed by atoms with Gasteiger partial charge >= 0.3 is 5.56 Å². The zero-order chi connectivity index (χ0) is 18.3. The quantitative estimate of drug-likeness (QED) is 0.559. The van der Waals surface area contributed by atoms with E-state index in [4.69, 9.17) is 0 Å². The third kappa shape index (κ3) is 2.86. The zero-order valence-corrected chi connectivity index (χ0v) is 15.5. The predicted molar refractivity (Wildman–Crippen MR) is 105 cm³/mol. The van der Waals surface area contributed by atoms with E-state index in [-0.39, 0.29) is 5.56 Å². The first kappa shape index (κ1) is 16.4. The summed E-state index contributed by atoms with van der Waals surface area (Å²) >= 11 is 1.35. The Balaban J connectivity index is 1.83. The summed E-state index contributed by atoms with van der Waals surface area (Å²) < 4.78 is 1.34. The van der Waals surface area contributed by atoms with E-state index in [2.05, 4.69) is 15.3 Å². The largest absolute Gasteiger partial charge is 0.378 e. The van der Waals surface area contributed by atoms with Gasteiger partial charge < -0.3 is 4.90 Å². The van der Waals surface area contributed by atoms with Crippen LogP contribution in [0.3, 0.4) is 0 Å². The van der Waals surface area contributed by atoms with Crippen molar-refractivity contribution in [1.82, 2.24) is 19.8 Å². The van der Waals surface area contributed by atoms with Crippen LogP contribution in [0.15, 0.2) is 53.3 Å². The number of anilines is 1. The molecule has 0 N–H and O–H groups in total. The van der Waals surface area contributed by atoms with Gasteiger partial charge in [0.05, 0.1) is 0 Å². The summed E-state index contributed by atoms with van der Waals surface area (Å²) in [4.78, 5) is 15.3. The van der Waals surface area contributed by atoms with Crippen molar-refractivity contribution in [3.63, 3.8) is 0 Å². The lowest BCUT2D eigenvalue weighted by Gasteiger charge is -2.12. The van der Waals surface area contributed by atoms with Gasteiger partial charge in [-0.05, 0) is 19.1 Å². The summed E-state index contributed by atoms with van der Waals surface area (Å²) in [6.07, 6.45) is 0. The summed E-state index contributed by atoms with van der Waals surface area (Å²) in [5, 5.41) is 13.6. The maximum atomic E-state index is 12.8. The van der Waals surface area contributed by atoms with E-state index in [1.54, 1.807) is 0 Å². The van der Waals surface area contributed by atoms with Gasteiger partial charge in [0, 0.05) is 30.9 Å². The third-order valence-electron chi connectivity index (χ3n) is 4.12. The van der Waals surface area contributed by atoms with Crippen LogP contribution in [0.25, 0.3) is 26.8 Å². The number of fused-ring (bicyclic) bond motifs is 1. The summed E-state index contributed by atoms with van der Waals surface area (Å²) in [5.74, 6) is 0. The molecule has 4 aromatic rings. The first-order chi connectivity index (χ1) is 12.5. The molecule has 0 saturated heterocycles. The molecular weight excluding hydrogens is 346 g/mol. The second-order valence-corrected chi connectivity index (χ2v) is 7.22. The molecular formula is C19H17N5OS. The van der Waals surface area contributed by atoms with Gasteiger partial charge in [0.25, 0.3) is 0 Å². The number of aromatic nitrogens is 4. The molecule has 0 radical (unpaired) electrons. The molecule has 2 heterocycles. The van der Waals surface area contributed by atoms with Gasteiger partial charge in [-0.25, -0.2) is 0 Å². The van der Waals surface area contributed by atoms with Crippen LogP contribution in [0.2, 0.25) is 0 Å². The number of rotatable bonds is 3. The third-order valence-corrected chi connectivity index (χ3v) is 5.07. The number of benzene rings is 2. The lowest BCUT2D eigenvalue weighted by atomic mass is 10.1. The van der Waals surface area contributed by atoms with Crippen LogP contribution >= 0.6 is 11.3 Å². The molecule has 0 bridgehead atoms. The lowest BCUT2D eigenvalue weighted by molar-refractivity contribution is 0.862. The van der Waals surface area contributed by atoms with Gasteiger partial charge in [0.2, 0.25) is 4.96 Å². The fourth-order valence-electron chi connectivity index (χ4n) is 2.64. The second-order valence-electron chi connectivity index (χ2n) is 6.27. The van der Waals surface area contributed by atoms with Crippen molar-refractivity contribution in [2.24, 2.45) is 0 Å². The van der Waals surface area contributed by atoms with E-state index < -0.39 is 0 Å². The molecule has 0 aliphatic heterocycles.